The summed E-state index contributed by atoms with van der Waals surface area (Å²) in [6.45, 7) is 4.87. The van der Waals surface area contributed by atoms with E-state index in [1.54, 1.807) is 17.4 Å². The third-order valence-electron chi connectivity index (χ3n) is 3.27. The number of halogens is 1. The molecule has 4 nitrogen and oxygen atoms in total. The molecule has 21 heavy (non-hydrogen) atoms. The molecule has 5 N–H and O–H groups in total. The molecule has 0 bridgehead atoms. The summed E-state index contributed by atoms with van der Waals surface area (Å²) in [6, 6.07) is 7.25. The quantitative estimate of drug-likeness (QED) is 0.737. The van der Waals surface area contributed by atoms with Gasteiger partial charge in [-0.2, -0.15) is 0 Å². The molecule has 0 atom stereocenters. The second-order valence-electron chi connectivity index (χ2n) is 5.50. The molecule has 0 unspecified atom stereocenters. The van der Waals surface area contributed by atoms with Crippen molar-refractivity contribution in [2.24, 2.45) is 5.73 Å². The molecule has 0 radical (unpaired) electrons. The molecule has 0 saturated carbocycles. The van der Waals surface area contributed by atoms with Gasteiger partial charge in [0.15, 0.2) is 0 Å². The summed E-state index contributed by atoms with van der Waals surface area (Å²) in [5, 5.41) is 5.67. The van der Waals surface area contributed by atoms with Crippen molar-refractivity contribution in [1.82, 2.24) is 0 Å². The van der Waals surface area contributed by atoms with E-state index < -0.39 is 5.91 Å². The molecule has 2 rings (SSSR count). The number of thiophene rings is 1. The Balaban J connectivity index is 2.26. The number of amides is 1. The van der Waals surface area contributed by atoms with Crippen LogP contribution in [0.1, 0.15) is 29.1 Å². The fourth-order valence-corrected chi connectivity index (χ4v) is 3.21. The minimum Gasteiger partial charge on any atom is -0.399 e. The lowest BCUT2D eigenvalue weighted by molar-refractivity contribution is 0.100. The van der Waals surface area contributed by atoms with E-state index >= 15 is 0 Å². The molecule has 0 aliphatic rings. The van der Waals surface area contributed by atoms with Gasteiger partial charge in [-0.1, -0.05) is 31.5 Å². The number of nitrogens with one attached hydrogen (secondary N) is 1. The highest BCUT2D eigenvalue weighted by Crippen LogP contribution is 2.32. The summed E-state index contributed by atoms with van der Waals surface area (Å²) in [7, 11) is 0. The van der Waals surface area contributed by atoms with Crippen LogP contribution in [0.2, 0.25) is 5.02 Å². The summed E-state index contributed by atoms with van der Waals surface area (Å²) < 4.78 is 0. The first-order valence-electron chi connectivity index (χ1n) is 6.48. The van der Waals surface area contributed by atoms with Crippen LogP contribution >= 0.6 is 22.9 Å². The number of hydrogen-bond donors (Lipinski definition) is 3. The Kier molecular flexibility index (Phi) is 4.44. The van der Waals surface area contributed by atoms with Crippen LogP contribution in [0.3, 0.4) is 0 Å². The molecular weight excluding hydrogens is 306 g/mol. The predicted octanol–water partition coefficient (Wildman–Crippen LogP) is 3.47. The third kappa shape index (κ3) is 3.49. The summed E-state index contributed by atoms with van der Waals surface area (Å²) in [6.07, 6.45) is 0. The molecule has 0 spiro atoms. The maximum absolute atomic E-state index is 11.5. The zero-order chi connectivity index (χ0) is 15.6. The lowest BCUT2D eigenvalue weighted by Gasteiger charge is -2.25. The topological polar surface area (TPSA) is 81.1 Å². The van der Waals surface area contributed by atoms with Crippen LogP contribution in [0.25, 0.3) is 0 Å². The number of nitrogen functional groups attached to an aromatic ring is 1. The smallest absolute Gasteiger partial charge is 0.250 e. The summed E-state index contributed by atoms with van der Waals surface area (Å²) >= 11 is 7.88. The second-order valence-corrected chi connectivity index (χ2v) is 6.86. The first-order valence-corrected chi connectivity index (χ1v) is 7.74. The molecule has 0 fully saturated rings. The summed E-state index contributed by atoms with van der Waals surface area (Å²) in [5.74, 6) is -0.555. The van der Waals surface area contributed by atoms with Gasteiger partial charge in [0.1, 0.15) is 0 Å². The van der Waals surface area contributed by atoms with Crippen molar-refractivity contribution in [2.45, 2.75) is 19.3 Å². The Morgan fingerprint density at radius 1 is 1.43 bits per heavy atom. The van der Waals surface area contributed by atoms with Crippen molar-refractivity contribution in [2.75, 3.05) is 17.6 Å². The minimum absolute atomic E-state index is 0.0895. The van der Waals surface area contributed by atoms with Gasteiger partial charge in [-0.25, -0.2) is 0 Å². The SMILES string of the molecule is CC(C)(CNc1c(Cl)cc(N)cc1C(N)=O)c1cccs1. The van der Waals surface area contributed by atoms with E-state index in [0.29, 0.717) is 28.5 Å². The van der Waals surface area contributed by atoms with Crippen LogP contribution in [0.5, 0.6) is 0 Å². The zero-order valence-corrected chi connectivity index (χ0v) is 13.5. The van der Waals surface area contributed by atoms with Gasteiger partial charge in [-0.15, -0.1) is 11.3 Å². The molecule has 2 aromatic rings. The van der Waals surface area contributed by atoms with Crippen LogP contribution in [0.4, 0.5) is 11.4 Å². The fourth-order valence-electron chi connectivity index (χ4n) is 2.06. The van der Waals surface area contributed by atoms with Crippen molar-refractivity contribution in [1.29, 1.82) is 0 Å². The standard InChI is InChI=1S/C15H18ClN3OS/c1-15(2,12-4-3-5-21-12)8-19-13-10(14(18)20)6-9(17)7-11(13)16/h3-7,19H,8,17H2,1-2H3,(H2,18,20). The maximum Gasteiger partial charge on any atom is 0.250 e. The summed E-state index contributed by atoms with van der Waals surface area (Å²) in [5.41, 5.74) is 12.3. The van der Waals surface area contributed by atoms with E-state index in [9.17, 15) is 4.79 Å². The number of carbonyl (C=O) groups is 1. The van der Waals surface area contributed by atoms with Crippen LogP contribution < -0.4 is 16.8 Å². The number of benzene rings is 1. The van der Waals surface area contributed by atoms with Crippen LogP contribution in [0, 0.1) is 0 Å². The van der Waals surface area contributed by atoms with Crippen LogP contribution in [0.15, 0.2) is 29.6 Å². The van der Waals surface area contributed by atoms with Gasteiger partial charge < -0.3 is 16.8 Å². The van der Waals surface area contributed by atoms with E-state index in [-0.39, 0.29) is 5.41 Å². The zero-order valence-electron chi connectivity index (χ0n) is 11.9. The lowest BCUT2D eigenvalue weighted by atomic mass is 9.91. The molecule has 1 aromatic heterocycles. The van der Waals surface area contributed by atoms with Crippen molar-refractivity contribution in [3.63, 3.8) is 0 Å². The molecule has 0 aliphatic heterocycles. The monoisotopic (exact) mass is 323 g/mol. The molecule has 0 saturated heterocycles. The Hall–Kier alpha value is -1.72. The van der Waals surface area contributed by atoms with E-state index in [2.05, 4.69) is 25.2 Å². The van der Waals surface area contributed by atoms with Crippen LogP contribution in [-0.4, -0.2) is 12.5 Å². The molecule has 6 heteroatoms. The van der Waals surface area contributed by atoms with Gasteiger partial charge in [-0.05, 0) is 23.6 Å². The molecular formula is C15H18ClN3OS. The highest BCUT2D eigenvalue weighted by molar-refractivity contribution is 7.10. The van der Waals surface area contributed by atoms with Gasteiger partial charge >= 0.3 is 0 Å². The Labute approximate surface area is 133 Å². The minimum atomic E-state index is -0.555. The van der Waals surface area contributed by atoms with Crippen LogP contribution in [-0.2, 0) is 5.41 Å². The molecule has 0 aliphatic carbocycles. The average molecular weight is 324 g/mol. The second kappa shape index (κ2) is 5.95. The van der Waals surface area contributed by atoms with Crippen molar-refractivity contribution in [3.05, 3.63) is 45.1 Å². The summed E-state index contributed by atoms with van der Waals surface area (Å²) in [4.78, 5) is 12.8. The first kappa shape index (κ1) is 15.7. The normalized spacial score (nSPS) is 11.4. The van der Waals surface area contributed by atoms with Crippen molar-refractivity contribution in [3.8, 4) is 0 Å². The Bertz CT molecular complexity index is 653. The van der Waals surface area contributed by atoms with E-state index in [0.717, 1.165) is 0 Å². The first-order chi connectivity index (χ1) is 9.81. The Morgan fingerprint density at radius 2 is 2.14 bits per heavy atom. The van der Waals surface area contributed by atoms with E-state index in [4.69, 9.17) is 23.1 Å². The van der Waals surface area contributed by atoms with Gasteiger partial charge in [0.25, 0.3) is 5.91 Å². The van der Waals surface area contributed by atoms with E-state index in [1.165, 1.54) is 10.9 Å². The van der Waals surface area contributed by atoms with Crippen molar-refractivity contribution < 1.29 is 4.79 Å². The number of carbonyl (C=O) groups excluding carboxylic acids is 1. The number of primary amides is 1. The predicted molar refractivity (Wildman–Crippen MR) is 90.2 cm³/mol. The molecule has 112 valence electrons. The lowest BCUT2D eigenvalue weighted by Crippen LogP contribution is -2.28. The highest BCUT2D eigenvalue weighted by Gasteiger charge is 2.23. The third-order valence-corrected chi connectivity index (χ3v) is 4.81. The van der Waals surface area contributed by atoms with E-state index in [1.807, 2.05) is 11.4 Å². The van der Waals surface area contributed by atoms with Gasteiger partial charge in [0, 0.05) is 22.5 Å². The number of anilines is 2. The number of rotatable bonds is 5. The largest absolute Gasteiger partial charge is 0.399 e. The Morgan fingerprint density at radius 3 is 2.71 bits per heavy atom. The number of hydrogen-bond acceptors (Lipinski definition) is 4. The fraction of sp³-hybridized carbons (Fsp3) is 0.267. The molecule has 1 heterocycles. The van der Waals surface area contributed by atoms with Gasteiger partial charge in [0.05, 0.1) is 16.3 Å². The van der Waals surface area contributed by atoms with Gasteiger partial charge in [0.2, 0.25) is 0 Å². The van der Waals surface area contributed by atoms with Gasteiger partial charge in [-0.3, -0.25) is 4.79 Å². The molecule has 1 aromatic carbocycles. The van der Waals surface area contributed by atoms with Crippen molar-refractivity contribution >= 4 is 40.2 Å². The highest BCUT2D eigenvalue weighted by atomic mass is 35.5. The molecule has 1 amide bonds. The average Bonchev–Trinajstić information content (AvgIpc) is 2.91. The number of nitrogens with two attached hydrogens (primary N) is 2. The maximum atomic E-state index is 11.5.